The molecular weight excluding hydrogens is 459 g/mol. The number of fused-ring (bicyclic) bond motifs is 1. The second-order valence-corrected chi connectivity index (χ2v) is 8.84. The van der Waals surface area contributed by atoms with E-state index in [1.807, 2.05) is 0 Å². The molecule has 32 heavy (non-hydrogen) atoms. The molecule has 0 radical (unpaired) electrons. The lowest BCUT2D eigenvalue weighted by Gasteiger charge is -2.18. The van der Waals surface area contributed by atoms with Crippen LogP contribution in [-0.2, 0) is 18.0 Å². The van der Waals surface area contributed by atoms with E-state index in [9.17, 15) is 22.8 Å². The zero-order valence-corrected chi connectivity index (χ0v) is 18.2. The molecule has 1 unspecified atom stereocenters. The number of thiophene rings is 1. The number of nitrogens with zero attached hydrogens (tertiary/aromatic N) is 2. The molecule has 2 aromatic heterocycles. The number of alkyl halides is 3. The minimum absolute atomic E-state index is 0.0295. The maximum atomic E-state index is 13.2. The smallest absolute Gasteiger partial charge is 0.325 e. The first-order valence-electron chi connectivity index (χ1n) is 9.38. The number of anilines is 1. The van der Waals surface area contributed by atoms with Gasteiger partial charge in [0.15, 0.2) is 5.16 Å². The van der Waals surface area contributed by atoms with Crippen molar-refractivity contribution < 1.29 is 18.0 Å². The molecule has 10 heteroatoms. The Bertz CT molecular complexity index is 1330. The number of carbonyl (C=O) groups is 1. The van der Waals surface area contributed by atoms with Crippen LogP contribution in [0, 0.1) is 0 Å². The predicted octanol–water partition coefficient (Wildman–Crippen LogP) is 5.49. The van der Waals surface area contributed by atoms with Gasteiger partial charge in [0, 0.05) is 12.7 Å². The number of aromatic nitrogens is 2. The van der Waals surface area contributed by atoms with Crippen molar-refractivity contribution in [3.05, 3.63) is 87.5 Å². The van der Waals surface area contributed by atoms with Gasteiger partial charge in [-0.2, -0.15) is 13.2 Å². The lowest BCUT2D eigenvalue weighted by molar-refractivity contribution is -0.137. The van der Waals surface area contributed by atoms with Crippen molar-refractivity contribution in [2.24, 2.45) is 7.05 Å². The maximum Gasteiger partial charge on any atom is 0.416 e. The van der Waals surface area contributed by atoms with Crippen molar-refractivity contribution in [2.45, 2.75) is 16.6 Å². The fourth-order valence-electron chi connectivity index (χ4n) is 3.07. The van der Waals surface area contributed by atoms with Gasteiger partial charge in [-0.15, -0.1) is 11.3 Å². The lowest BCUT2D eigenvalue weighted by atomic mass is 10.1. The molecule has 0 saturated heterocycles. The topological polar surface area (TPSA) is 64.0 Å². The van der Waals surface area contributed by atoms with Crippen molar-refractivity contribution in [1.29, 1.82) is 0 Å². The van der Waals surface area contributed by atoms with Gasteiger partial charge < -0.3 is 5.32 Å². The highest BCUT2D eigenvalue weighted by atomic mass is 32.2. The van der Waals surface area contributed by atoms with E-state index in [1.165, 1.54) is 28.0 Å². The van der Waals surface area contributed by atoms with E-state index in [-0.39, 0.29) is 11.2 Å². The molecule has 164 valence electrons. The molecule has 0 aliphatic rings. The SMILES string of the molecule is Cn1c(SC(C(=O)Nc2cccc(C(F)(F)F)c2)c2ccccc2)nc2sccc2c1=O. The summed E-state index contributed by atoms with van der Waals surface area (Å²) in [4.78, 5) is 30.9. The van der Waals surface area contributed by atoms with Crippen molar-refractivity contribution >= 4 is 44.9 Å². The van der Waals surface area contributed by atoms with Crippen LogP contribution in [0.2, 0.25) is 0 Å². The van der Waals surface area contributed by atoms with Gasteiger partial charge in [0.05, 0.1) is 10.9 Å². The van der Waals surface area contributed by atoms with Crippen LogP contribution in [0.1, 0.15) is 16.4 Å². The molecule has 1 atom stereocenters. The summed E-state index contributed by atoms with van der Waals surface area (Å²) in [5.74, 6) is -0.527. The summed E-state index contributed by atoms with van der Waals surface area (Å²) >= 11 is 2.38. The molecule has 0 aliphatic carbocycles. The van der Waals surface area contributed by atoms with E-state index >= 15 is 0 Å². The number of benzene rings is 2. The lowest BCUT2D eigenvalue weighted by Crippen LogP contribution is -2.23. The summed E-state index contributed by atoms with van der Waals surface area (Å²) in [6.45, 7) is 0. The Morgan fingerprint density at radius 2 is 1.88 bits per heavy atom. The second kappa shape index (κ2) is 8.79. The van der Waals surface area contributed by atoms with Gasteiger partial charge in [-0.25, -0.2) is 4.98 Å². The molecule has 4 aromatic rings. The Morgan fingerprint density at radius 3 is 2.59 bits per heavy atom. The molecule has 0 aliphatic heterocycles. The first-order valence-corrected chi connectivity index (χ1v) is 11.1. The molecule has 2 aromatic carbocycles. The molecule has 1 N–H and O–H groups in total. The average Bonchev–Trinajstić information content (AvgIpc) is 3.24. The highest BCUT2D eigenvalue weighted by Crippen LogP contribution is 2.36. The van der Waals surface area contributed by atoms with Crippen LogP contribution in [-0.4, -0.2) is 15.5 Å². The summed E-state index contributed by atoms with van der Waals surface area (Å²) in [6, 6.07) is 14.9. The van der Waals surface area contributed by atoms with Crippen LogP contribution in [0.4, 0.5) is 18.9 Å². The third-order valence-corrected chi connectivity index (χ3v) is 6.79. The van der Waals surface area contributed by atoms with Gasteiger partial charge in [-0.05, 0) is 35.2 Å². The van der Waals surface area contributed by atoms with Crippen LogP contribution in [0.15, 0.2) is 76.0 Å². The number of halogens is 3. The van der Waals surface area contributed by atoms with Crippen molar-refractivity contribution in [1.82, 2.24) is 9.55 Å². The molecule has 2 heterocycles. The number of amides is 1. The Balaban J connectivity index is 1.69. The predicted molar refractivity (Wildman–Crippen MR) is 120 cm³/mol. The number of thioether (sulfide) groups is 1. The number of hydrogen-bond donors (Lipinski definition) is 1. The molecule has 4 rings (SSSR count). The zero-order valence-electron chi connectivity index (χ0n) is 16.6. The first kappa shape index (κ1) is 22.1. The highest BCUT2D eigenvalue weighted by molar-refractivity contribution is 8.00. The minimum Gasteiger partial charge on any atom is -0.325 e. The summed E-state index contributed by atoms with van der Waals surface area (Å²) in [5, 5.41) is 4.31. The molecule has 5 nitrogen and oxygen atoms in total. The normalized spacial score (nSPS) is 12.6. The number of carbonyl (C=O) groups excluding carboxylic acids is 1. The molecule has 0 fully saturated rings. The van der Waals surface area contributed by atoms with Crippen LogP contribution >= 0.6 is 23.1 Å². The molecule has 0 bridgehead atoms. The van der Waals surface area contributed by atoms with Crippen molar-refractivity contribution in [3.63, 3.8) is 0 Å². The third kappa shape index (κ3) is 4.56. The fraction of sp³-hybridized carbons (Fsp3) is 0.136. The maximum absolute atomic E-state index is 13.2. The van der Waals surface area contributed by atoms with Crippen LogP contribution in [0.25, 0.3) is 10.2 Å². The fourth-order valence-corrected chi connectivity index (χ4v) is 4.94. The average molecular weight is 476 g/mol. The first-order chi connectivity index (χ1) is 15.2. The van der Waals surface area contributed by atoms with E-state index in [0.29, 0.717) is 20.9 Å². The van der Waals surface area contributed by atoms with Crippen LogP contribution < -0.4 is 10.9 Å². The Morgan fingerprint density at radius 1 is 1.12 bits per heavy atom. The van der Waals surface area contributed by atoms with E-state index < -0.39 is 22.9 Å². The molecule has 0 spiro atoms. The Labute approximate surface area is 188 Å². The number of nitrogens with one attached hydrogen (secondary N) is 1. The van der Waals surface area contributed by atoms with Gasteiger partial charge in [0.2, 0.25) is 5.91 Å². The van der Waals surface area contributed by atoms with Gasteiger partial charge in [0.25, 0.3) is 5.56 Å². The van der Waals surface area contributed by atoms with Gasteiger partial charge in [-0.1, -0.05) is 48.2 Å². The Hall–Kier alpha value is -3.11. The van der Waals surface area contributed by atoms with E-state index in [1.54, 1.807) is 48.8 Å². The highest BCUT2D eigenvalue weighted by Gasteiger charge is 2.31. The van der Waals surface area contributed by atoms with Gasteiger partial charge >= 0.3 is 6.18 Å². The van der Waals surface area contributed by atoms with Gasteiger partial charge in [-0.3, -0.25) is 14.2 Å². The second-order valence-electron chi connectivity index (χ2n) is 6.87. The number of rotatable bonds is 5. The third-order valence-electron chi connectivity index (χ3n) is 4.69. The molecular formula is C22H16F3N3O2S2. The summed E-state index contributed by atoms with van der Waals surface area (Å²) in [6.07, 6.45) is -4.52. The number of hydrogen-bond acceptors (Lipinski definition) is 5. The summed E-state index contributed by atoms with van der Waals surface area (Å²) in [7, 11) is 1.57. The van der Waals surface area contributed by atoms with E-state index in [0.717, 1.165) is 23.9 Å². The minimum atomic E-state index is -4.52. The summed E-state index contributed by atoms with van der Waals surface area (Å²) < 4.78 is 40.5. The molecule has 1 amide bonds. The largest absolute Gasteiger partial charge is 0.416 e. The molecule has 0 saturated carbocycles. The van der Waals surface area contributed by atoms with Crippen molar-refractivity contribution in [2.75, 3.05) is 5.32 Å². The zero-order chi connectivity index (χ0) is 22.9. The monoisotopic (exact) mass is 475 g/mol. The van der Waals surface area contributed by atoms with E-state index in [4.69, 9.17) is 0 Å². The van der Waals surface area contributed by atoms with Crippen molar-refractivity contribution in [3.8, 4) is 0 Å². The van der Waals surface area contributed by atoms with Crippen LogP contribution in [0.5, 0.6) is 0 Å². The van der Waals surface area contributed by atoms with E-state index in [2.05, 4.69) is 10.3 Å². The standard InChI is InChI=1S/C22H16F3N3O2S2/c1-28-20(30)16-10-11-31-19(16)27-21(28)32-17(13-6-3-2-4-7-13)18(29)26-15-9-5-8-14(12-15)22(23,24)25/h2-12,17H,1H3,(H,26,29). The quantitative estimate of drug-likeness (QED) is 0.306. The van der Waals surface area contributed by atoms with Crippen LogP contribution in [0.3, 0.4) is 0 Å². The summed E-state index contributed by atoms with van der Waals surface area (Å²) in [5.41, 5.74) is -0.431. The van der Waals surface area contributed by atoms with Gasteiger partial charge in [0.1, 0.15) is 10.1 Å². The Kier molecular flexibility index (Phi) is 6.07.